The number of esters is 2. The van der Waals surface area contributed by atoms with Gasteiger partial charge in [0.25, 0.3) is 0 Å². The SMILES string of the molecule is COC(=O)COc1ccc(Cl)cc1Cc1ccccc1CC(=O)OC. The van der Waals surface area contributed by atoms with Gasteiger partial charge in [-0.15, -0.1) is 0 Å². The van der Waals surface area contributed by atoms with Gasteiger partial charge < -0.3 is 14.2 Å². The van der Waals surface area contributed by atoms with E-state index in [1.165, 1.54) is 14.2 Å². The second-order valence-electron chi connectivity index (χ2n) is 5.32. The lowest BCUT2D eigenvalue weighted by Gasteiger charge is -2.13. The van der Waals surface area contributed by atoms with E-state index in [4.69, 9.17) is 21.1 Å². The molecule has 2 aromatic rings. The molecule has 0 fully saturated rings. The summed E-state index contributed by atoms with van der Waals surface area (Å²) in [4.78, 5) is 22.9. The molecule has 2 rings (SSSR count). The first kappa shape index (κ1) is 18.8. The molecule has 0 N–H and O–H groups in total. The summed E-state index contributed by atoms with van der Waals surface area (Å²) in [5, 5.41) is 0.561. The van der Waals surface area contributed by atoms with Crippen LogP contribution in [0.15, 0.2) is 42.5 Å². The second kappa shape index (κ2) is 9.08. The molecule has 0 heterocycles. The number of hydrogen-bond acceptors (Lipinski definition) is 5. The Morgan fingerprint density at radius 1 is 0.920 bits per heavy atom. The third-order valence-corrected chi connectivity index (χ3v) is 3.89. The molecule has 5 nitrogen and oxygen atoms in total. The standard InChI is InChI=1S/C19H19ClO5/c1-23-18(21)11-14-6-4-3-5-13(14)9-15-10-16(20)7-8-17(15)25-12-19(22)24-2/h3-8,10H,9,11-12H2,1-2H3. The Balaban J connectivity index is 2.26. The van der Waals surface area contributed by atoms with Gasteiger partial charge in [0.15, 0.2) is 6.61 Å². The summed E-state index contributed by atoms with van der Waals surface area (Å²) in [7, 11) is 2.66. The quantitative estimate of drug-likeness (QED) is 0.708. The first-order valence-corrected chi connectivity index (χ1v) is 8.03. The smallest absolute Gasteiger partial charge is 0.343 e. The van der Waals surface area contributed by atoms with E-state index in [0.29, 0.717) is 17.2 Å². The van der Waals surface area contributed by atoms with Crippen molar-refractivity contribution in [3.05, 3.63) is 64.2 Å². The molecule has 0 aliphatic carbocycles. The highest BCUT2D eigenvalue weighted by atomic mass is 35.5. The van der Waals surface area contributed by atoms with Crippen LogP contribution in [0.5, 0.6) is 5.75 Å². The van der Waals surface area contributed by atoms with Crippen molar-refractivity contribution in [2.75, 3.05) is 20.8 Å². The molecule has 0 bridgehead atoms. The Bertz CT molecular complexity index is 757. The van der Waals surface area contributed by atoms with Crippen molar-refractivity contribution >= 4 is 23.5 Å². The van der Waals surface area contributed by atoms with Gasteiger partial charge in [0.1, 0.15) is 5.75 Å². The highest BCUT2D eigenvalue weighted by Crippen LogP contribution is 2.27. The molecular formula is C19H19ClO5. The fraction of sp³-hybridized carbons (Fsp3) is 0.263. The van der Waals surface area contributed by atoms with Crippen molar-refractivity contribution in [1.29, 1.82) is 0 Å². The molecule has 0 amide bonds. The van der Waals surface area contributed by atoms with Crippen LogP contribution < -0.4 is 4.74 Å². The van der Waals surface area contributed by atoms with Crippen molar-refractivity contribution < 1.29 is 23.8 Å². The summed E-state index contributed by atoms with van der Waals surface area (Å²) in [6.45, 7) is -0.186. The monoisotopic (exact) mass is 362 g/mol. The predicted octanol–water partition coefficient (Wildman–Crippen LogP) is 3.20. The third-order valence-electron chi connectivity index (χ3n) is 3.66. The fourth-order valence-corrected chi connectivity index (χ4v) is 2.55. The molecule has 0 unspecified atom stereocenters. The Hall–Kier alpha value is -2.53. The summed E-state index contributed by atoms with van der Waals surface area (Å²) in [5.41, 5.74) is 2.64. The molecular weight excluding hydrogens is 344 g/mol. The third kappa shape index (κ3) is 5.50. The lowest BCUT2D eigenvalue weighted by Crippen LogP contribution is -2.13. The van der Waals surface area contributed by atoms with Crippen LogP contribution in [0.4, 0.5) is 0 Å². The van der Waals surface area contributed by atoms with Crippen molar-refractivity contribution in [2.24, 2.45) is 0 Å². The molecule has 0 aliphatic rings. The molecule has 6 heteroatoms. The van der Waals surface area contributed by atoms with Crippen molar-refractivity contribution in [1.82, 2.24) is 0 Å². The first-order valence-electron chi connectivity index (χ1n) is 7.65. The van der Waals surface area contributed by atoms with Crippen LogP contribution in [0.2, 0.25) is 5.02 Å². The molecule has 0 aromatic heterocycles. The van der Waals surface area contributed by atoms with E-state index in [1.807, 2.05) is 24.3 Å². The maximum atomic E-state index is 11.6. The summed E-state index contributed by atoms with van der Waals surface area (Å²) < 4.78 is 14.9. The van der Waals surface area contributed by atoms with Gasteiger partial charge in [-0.3, -0.25) is 4.79 Å². The first-order chi connectivity index (χ1) is 12.0. The van der Waals surface area contributed by atoms with E-state index in [1.54, 1.807) is 18.2 Å². The summed E-state index contributed by atoms with van der Waals surface area (Å²) in [6, 6.07) is 12.8. The van der Waals surface area contributed by atoms with Crippen molar-refractivity contribution in [3.63, 3.8) is 0 Å². The minimum Gasteiger partial charge on any atom is -0.482 e. The van der Waals surface area contributed by atoms with Gasteiger partial charge in [-0.2, -0.15) is 0 Å². The molecule has 0 radical (unpaired) electrons. The summed E-state index contributed by atoms with van der Waals surface area (Å²) in [5.74, 6) is -0.227. The van der Waals surface area contributed by atoms with Gasteiger partial charge in [-0.25, -0.2) is 4.79 Å². The zero-order valence-corrected chi connectivity index (χ0v) is 14.8. The van der Waals surface area contributed by atoms with E-state index in [0.717, 1.165) is 16.7 Å². The largest absolute Gasteiger partial charge is 0.482 e. The number of carbonyl (C=O) groups excluding carboxylic acids is 2. The molecule has 25 heavy (non-hydrogen) atoms. The van der Waals surface area contributed by atoms with Gasteiger partial charge >= 0.3 is 11.9 Å². The Labute approximate surface area is 151 Å². The number of methoxy groups -OCH3 is 2. The lowest BCUT2D eigenvalue weighted by atomic mass is 9.97. The van der Waals surface area contributed by atoms with Gasteiger partial charge in [0.2, 0.25) is 0 Å². The normalized spacial score (nSPS) is 10.2. The topological polar surface area (TPSA) is 61.8 Å². The van der Waals surface area contributed by atoms with Gasteiger partial charge in [-0.1, -0.05) is 35.9 Å². The van der Waals surface area contributed by atoms with Gasteiger partial charge in [-0.05, 0) is 29.3 Å². The van der Waals surface area contributed by atoms with E-state index >= 15 is 0 Å². The maximum absolute atomic E-state index is 11.6. The van der Waals surface area contributed by atoms with Crippen LogP contribution in [-0.4, -0.2) is 32.8 Å². The molecule has 0 aliphatic heterocycles. The summed E-state index contributed by atoms with van der Waals surface area (Å²) in [6.07, 6.45) is 0.690. The van der Waals surface area contributed by atoms with Crippen LogP contribution in [0.3, 0.4) is 0 Å². The van der Waals surface area contributed by atoms with E-state index in [2.05, 4.69) is 4.74 Å². The highest BCUT2D eigenvalue weighted by molar-refractivity contribution is 6.30. The lowest BCUT2D eigenvalue weighted by molar-refractivity contribution is -0.143. The molecule has 132 valence electrons. The predicted molar refractivity (Wildman–Crippen MR) is 93.9 cm³/mol. The van der Waals surface area contributed by atoms with E-state index in [9.17, 15) is 9.59 Å². The number of benzene rings is 2. The number of ether oxygens (including phenoxy) is 3. The fourth-order valence-electron chi connectivity index (χ4n) is 2.36. The average molecular weight is 363 g/mol. The van der Waals surface area contributed by atoms with E-state index < -0.39 is 5.97 Å². The number of carbonyl (C=O) groups is 2. The molecule has 2 aromatic carbocycles. The van der Waals surface area contributed by atoms with Gasteiger partial charge in [0.05, 0.1) is 20.6 Å². The van der Waals surface area contributed by atoms with Crippen LogP contribution in [-0.2, 0) is 31.9 Å². The number of rotatable bonds is 7. The minimum atomic E-state index is -0.466. The Kier molecular flexibility index (Phi) is 6.83. The molecule has 0 saturated heterocycles. The summed E-state index contributed by atoms with van der Waals surface area (Å²) >= 11 is 6.10. The van der Waals surface area contributed by atoms with Crippen molar-refractivity contribution in [3.8, 4) is 5.75 Å². The van der Waals surface area contributed by atoms with Crippen LogP contribution in [0.1, 0.15) is 16.7 Å². The molecule has 0 spiro atoms. The zero-order valence-electron chi connectivity index (χ0n) is 14.1. The Morgan fingerprint density at radius 3 is 2.28 bits per heavy atom. The minimum absolute atomic E-state index is 0.186. The van der Waals surface area contributed by atoms with Crippen LogP contribution >= 0.6 is 11.6 Å². The van der Waals surface area contributed by atoms with Crippen LogP contribution in [0, 0.1) is 0 Å². The molecule has 0 saturated carbocycles. The van der Waals surface area contributed by atoms with Crippen molar-refractivity contribution in [2.45, 2.75) is 12.8 Å². The number of halogens is 1. The molecule has 0 atom stereocenters. The number of hydrogen-bond donors (Lipinski definition) is 0. The highest BCUT2D eigenvalue weighted by Gasteiger charge is 2.12. The van der Waals surface area contributed by atoms with Gasteiger partial charge in [0, 0.05) is 17.0 Å². The second-order valence-corrected chi connectivity index (χ2v) is 5.75. The average Bonchev–Trinajstić information content (AvgIpc) is 2.62. The zero-order chi connectivity index (χ0) is 18.2. The van der Waals surface area contributed by atoms with Crippen LogP contribution in [0.25, 0.3) is 0 Å². The van der Waals surface area contributed by atoms with E-state index in [-0.39, 0.29) is 19.0 Å². The Morgan fingerprint density at radius 2 is 1.60 bits per heavy atom. The maximum Gasteiger partial charge on any atom is 0.343 e.